The summed E-state index contributed by atoms with van der Waals surface area (Å²) >= 11 is 0. The van der Waals surface area contributed by atoms with E-state index in [4.69, 9.17) is 0 Å². The molecule has 4 heterocycles. The third-order valence-electron chi connectivity index (χ3n) is 5.95. The molecular formula is C23H25N7O3. The minimum Gasteiger partial charge on any atom is -0.363 e. The lowest BCUT2D eigenvalue weighted by Gasteiger charge is -2.40. The van der Waals surface area contributed by atoms with E-state index in [0.717, 1.165) is 19.3 Å². The highest BCUT2D eigenvalue weighted by Gasteiger charge is 2.53. The largest absolute Gasteiger partial charge is 0.363 e. The fourth-order valence-corrected chi connectivity index (χ4v) is 4.14. The van der Waals surface area contributed by atoms with E-state index in [1.165, 1.54) is 11.1 Å². The van der Waals surface area contributed by atoms with Gasteiger partial charge in [0.1, 0.15) is 17.7 Å². The molecule has 0 radical (unpaired) electrons. The first kappa shape index (κ1) is 21.0. The Labute approximate surface area is 191 Å². The lowest BCUT2D eigenvalue weighted by atomic mass is 10.1. The summed E-state index contributed by atoms with van der Waals surface area (Å²) < 4.78 is 0. The zero-order valence-corrected chi connectivity index (χ0v) is 18.3. The Balaban J connectivity index is 1.28. The van der Waals surface area contributed by atoms with Crippen molar-refractivity contribution in [2.45, 2.75) is 44.4 Å². The number of aliphatic imine (C=N–C) groups is 1. The fourth-order valence-electron chi connectivity index (χ4n) is 4.14. The molecule has 1 saturated carbocycles. The summed E-state index contributed by atoms with van der Waals surface area (Å²) in [5.41, 5.74) is 1.24. The molecule has 3 amide bonds. The molecule has 3 aliphatic rings. The molecule has 170 valence electrons. The minimum atomic E-state index is -0.584. The Kier molecular flexibility index (Phi) is 5.49. The first-order valence-electron chi connectivity index (χ1n) is 11.2. The zero-order valence-electron chi connectivity index (χ0n) is 18.3. The van der Waals surface area contributed by atoms with Crippen LogP contribution >= 0.6 is 0 Å². The van der Waals surface area contributed by atoms with Gasteiger partial charge in [-0.25, -0.2) is 14.8 Å². The summed E-state index contributed by atoms with van der Waals surface area (Å²) in [4.78, 5) is 54.3. The van der Waals surface area contributed by atoms with E-state index in [1.807, 2.05) is 13.0 Å². The predicted molar refractivity (Wildman–Crippen MR) is 121 cm³/mol. The number of rotatable bonds is 8. The molecule has 0 aromatic carbocycles. The van der Waals surface area contributed by atoms with Crippen molar-refractivity contribution in [2.75, 3.05) is 18.4 Å². The van der Waals surface area contributed by atoms with Crippen LogP contribution in [0.4, 0.5) is 10.6 Å². The maximum Gasteiger partial charge on any atom is 0.328 e. The molecular weight excluding hydrogens is 422 g/mol. The number of Topliss-reactive ketones (excluding diaryl/α,β-unsaturated/α-hetero) is 1. The number of fused-ring (bicyclic) bond motifs is 1. The number of hydrogen-bond acceptors (Lipinski definition) is 8. The van der Waals surface area contributed by atoms with Crippen LogP contribution in [0.5, 0.6) is 0 Å². The molecule has 2 unspecified atom stereocenters. The Morgan fingerprint density at radius 3 is 2.73 bits per heavy atom. The summed E-state index contributed by atoms with van der Waals surface area (Å²) in [5.74, 6) is 0.791. The minimum absolute atomic E-state index is 0.0116. The molecule has 2 aromatic heterocycles. The van der Waals surface area contributed by atoms with Crippen LogP contribution in [-0.2, 0) is 4.79 Å². The molecule has 1 saturated heterocycles. The molecule has 0 spiro atoms. The Bertz CT molecular complexity index is 1100. The number of nitrogens with zero attached hydrogens (tertiary/aromatic N) is 5. The van der Waals surface area contributed by atoms with Gasteiger partial charge in [-0.1, -0.05) is 6.92 Å². The van der Waals surface area contributed by atoms with E-state index in [1.54, 1.807) is 35.5 Å². The highest BCUT2D eigenvalue weighted by molar-refractivity contribution is 6.08. The second-order valence-corrected chi connectivity index (χ2v) is 8.38. The summed E-state index contributed by atoms with van der Waals surface area (Å²) in [6, 6.07) is 6.20. The van der Waals surface area contributed by atoms with Crippen LogP contribution in [-0.4, -0.2) is 74.7 Å². The Morgan fingerprint density at radius 1 is 1.21 bits per heavy atom. The number of carbonyl (C=O) groups excluding carboxylic acids is 3. The lowest BCUT2D eigenvalue weighted by molar-refractivity contribution is -0.135. The van der Waals surface area contributed by atoms with E-state index in [2.05, 4.69) is 25.6 Å². The smallest absolute Gasteiger partial charge is 0.328 e. The number of carbonyl (C=O) groups is 3. The molecule has 2 atom stereocenters. The number of amides is 3. The van der Waals surface area contributed by atoms with Crippen LogP contribution in [0.15, 0.2) is 47.8 Å². The number of pyridine rings is 2. The standard InChI is InChI=1S/C23H25N7O3/c1-2-10-29-21-19(22(32)30(23(29)33)16-6-7-16)27-20(28-21)15-5-8-18(25-12-15)26-13-17(31)14-4-3-9-24-11-14/h3-5,8-9,11-12,16,19,21H,2,6-7,10,13H2,1H3,(H,25,26)(H,27,28). The SMILES string of the molecule is CCCN1C(=O)N(C2CC2)C(=O)C2NC(c3ccc(NCC(=O)c4cccnc4)nc3)=NC21. The second-order valence-electron chi connectivity index (χ2n) is 8.38. The summed E-state index contributed by atoms with van der Waals surface area (Å²) in [6.45, 7) is 2.64. The number of ketones is 1. The topological polar surface area (TPSA) is 120 Å². The molecule has 1 aliphatic carbocycles. The molecule has 33 heavy (non-hydrogen) atoms. The number of amidine groups is 1. The van der Waals surface area contributed by atoms with E-state index in [9.17, 15) is 14.4 Å². The van der Waals surface area contributed by atoms with E-state index in [0.29, 0.717) is 29.3 Å². The molecule has 2 aliphatic heterocycles. The predicted octanol–water partition coefficient (Wildman–Crippen LogP) is 1.65. The lowest BCUT2D eigenvalue weighted by Crippen LogP contribution is -2.66. The normalized spacial score (nSPS) is 22.0. The number of aromatic nitrogens is 2. The number of urea groups is 1. The highest BCUT2D eigenvalue weighted by Crippen LogP contribution is 2.34. The third-order valence-corrected chi connectivity index (χ3v) is 5.95. The van der Waals surface area contributed by atoms with Gasteiger partial charge in [0.15, 0.2) is 11.9 Å². The third kappa shape index (κ3) is 4.04. The van der Waals surface area contributed by atoms with Gasteiger partial charge in [-0.05, 0) is 43.5 Å². The monoisotopic (exact) mass is 447 g/mol. The van der Waals surface area contributed by atoms with Gasteiger partial charge in [-0.3, -0.25) is 24.4 Å². The molecule has 10 nitrogen and oxygen atoms in total. The van der Waals surface area contributed by atoms with Gasteiger partial charge in [-0.15, -0.1) is 0 Å². The molecule has 10 heteroatoms. The van der Waals surface area contributed by atoms with Crippen molar-refractivity contribution in [3.63, 3.8) is 0 Å². The van der Waals surface area contributed by atoms with Gasteiger partial charge in [0.25, 0.3) is 5.91 Å². The molecule has 0 bridgehead atoms. The van der Waals surface area contributed by atoms with Crippen molar-refractivity contribution < 1.29 is 14.4 Å². The average Bonchev–Trinajstić information content (AvgIpc) is 3.57. The first-order chi connectivity index (χ1) is 16.1. The van der Waals surface area contributed by atoms with Gasteiger partial charge in [0.05, 0.1) is 6.54 Å². The summed E-state index contributed by atoms with van der Waals surface area (Å²) in [5, 5.41) is 6.23. The van der Waals surface area contributed by atoms with Gasteiger partial charge in [0.2, 0.25) is 0 Å². The van der Waals surface area contributed by atoms with Gasteiger partial charge in [0, 0.05) is 42.3 Å². The number of imide groups is 1. The summed E-state index contributed by atoms with van der Waals surface area (Å²) in [6.07, 6.45) is 6.75. The van der Waals surface area contributed by atoms with E-state index >= 15 is 0 Å². The average molecular weight is 447 g/mol. The molecule has 2 fully saturated rings. The zero-order chi connectivity index (χ0) is 22.9. The van der Waals surface area contributed by atoms with E-state index < -0.39 is 12.2 Å². The number of hydrogen-bond donors (Lipinski definition) is 2. The van der Waals surface area contributed by atoms with Crippen molar-refractivity contribution in [2.24, 2.45) is 4.99 Å². The molecule has 2 N–H and O–H groups in total. The quantitative estimate of drug-likeness (QED) is 0.591. The maximum absolute atomic E-state index is 13.0. The number of anilines is 1. The summed E-state index contributed by atoms with van der Waals surface area (Å²) in [7, 11) is 0. The molecule has 5 rings (SSSR count). The van der Waals surface area contributed by atoms with Crippen molar-refractivity contribution in [1.29, 1.82) is 0 Å². The van der Waals surface area contributed by atoms with Gasteiger partial charge >= 0.3 is 6.03 Å². The number of nitrogens with one attached hydrogen (secondary N) is 2. The van der Waals surface area contributed by atoms with Crippen LogP contribution in [0, 0.1) is 0 Å². The van der Waals surface area contributed by atoms with Crippen LogP contribution in [0.2, 0.25) is 0 Å². The fraction of sp³-hybridized carbons (Fsp3) is 0.391. The van der Waals surface area contributed by atoms with Crippen molar-refractivity contribution in [3.05, 3.63) is 54.0 Å². The Morgan fingerprint density at radius 2 is 2.06 bits per heavy atom. The van der Waals surface area contributed by atoms with Crippen molar-refractivity contribution >= 4 is 29.4 Å². The highest BCUT2D eigenvalue weighted by atomic mass is 16.2. The van der Waals surface area contributed by atoms with Crippen molar-refractivity contribution in [1.82, 2.24) is 25.1 Å². The van der Waals surface area contributed by atoms with Crippen LogP contribution in [0.1, 0.15) is 42.1 Å². The van der Waals surface area contributed by atoms with Gasteiger partial charge in [-0.2, -0.15) is 0 Å². The van der Waals surface area contributed by atoms with Crippen molar-refractivity contribution in [3.8, 4) is 0 Å². The van der Waals surface area contributed by atoms with Crippen LogP contribution in [0.3, 0.4) is 0 Å². The van der Waals surface area contributed by atoms with Crippen LogP contribution < -0.4 is 10.6 Å². The second kappa shape index (κ2) is 8.61. The Hall–Kier alpha value is -3.82. The van der Waals surface area contributed by atoms with Crippen LogP contribution in [0.25, 0.3) is 0 Å². The first-order valence-corrected chi connectivity index (χ1v) is 11.2. The maximum atomic E-state index is 13.0. The molecule has 2 aromatic rings. The van der Waals surface area contributed by atoms with E-state index in [-0.39, 0.29) is 30.3 Å². The van der Waals surface area contributed by atoms with Gasteiger partial charge < -0.3 is 10.6 Å².